The molecule has 12 rings (SSSR count). The minimum Gasteiger partial charge on any atom is -0.455 e. The molecule has 0 amide bonds. The van der Waals surface area contributed by atoms with Gasteiger partial charge in [-0.15, -0.1) is 0 Å². The summed E-state index contributed by atoms with van der Waals surface area (Å²) in [5.41, 5.74) is 10.4. The third kappa shape index (κ3) is 5.12. The summed E-state index contributed by atoms with van der Waals surface area (Å²) in [6.45, 7) is 0. The summed E-state index contributed by atoms with van der Waals surface area (Å²) in [6.07, 6.45) is 0. The van der Waals surface area contributed by atoms with Crippen LogP contribution < -0.4 is 0 Å². The van der Waals surface area contributed by atoms with Crippen LogP contribution in [-0.2, 0) is 0 Å². The topological polar surface area (TPSA) is 69.6 Å². The molecule has 6 heteroatoms. The van der Waals surface area contributed by atoms with Gasteiger partial charge in [0.2, 0.25) is 0 Å². The van der Waals surface area contributed by atoms with E-state index in [9.17, 15) is 0 Å². The van der Waals surface area contributed by atoms with E-state index in [1.807, 2.05) is 42.5 Å². The molecule has 0 spiro atoms. The van der Waals surface area contributed by atoms with Gasteiger partial charge in [0.05, 0.1) is 27.6 Å². The smallest absolute Gasteiger partial charge is 0.164 e. The number of furan rings is 1. The highest BCUT2D eigenvalue weighted by Crippen LogP contribution is 2.41. The SMILES string of the molecule is c1ccc(-c2nc(-c3ccc(-n4c5ccccc5c5ccccc54)cc3)nc(-c3cccc(-c4nc5cc6ccccc6cc5c5oc6ccccc6c45)c3)n2)cc1. The Morgan fingerprint density at radius 2 is 0.931 bits per heavy atom. The summed E-state index contributed by atoms with van der Waals surface area (Å²) in [7, 11) is 0. The van der Waals surface area contributed by atoms with Crippen LogP contribution in [0.4, 0.5) is 0 Å². The van der Waals surface area contributed by atoms with E-state index in [4.69, 9.17) is 24.4 Å². The van der Waals surface area contributed by atoms with Crippen molar-refractivity contribution in [3.63, 3.8) is 0 Å². The summed E-state index contributed by atoms with van der Waals surface area (Å²) in [4.78, 5) is 20.6. The molecule has 12 aromatic rings. The molecule has 58 heavy (non-hydrogen) atoms. The Morgan fingerprint density at radius 3 is 1.66 bits per heavy atom. The van der Waals surface area contributed by atoms with E-state index >= 15 is 0 Å². The number of para-hydroxylation sites is 3. The lowest BCUT2D eigenvalue weighted by Crippen LogP contribution is -2.01. The van der Waals surface area contributed by atoms with E-state index in [0.29, 0.717) is 17.5 Å². The van der Waals surface area contributed by atoms with Gasteiger partial charge in [-0.05, 0) is 71.4 Å². The van der Waals surface area contributed by atoms with E-state index in [1.54, 1.807) is 0 Å². The first kappa shape index (κ1) is 32.3. The van der Waals surface area contributed by atoms with Crippen molar-refractivity contribution in [3.8, 4) is 51.1 Å². The van der Waals surface area contributed by atoms with Gasteiger partial charge < -0.3 is 8.98 Å². The Kier molecular flexibility index (Phi) is 7.13. The maximum atomic E-state index is 6.62. The van der Waals surface area contributed by atoms with Crippen LogP contribution in [0.2, 0.25) is 0 Å². The molecule has 270 valence electrons. The number of pyridine rings is 1. The van der Waals surface area contributed by atoms with E-state index in [0.717, 1.165) is 77.2 Å². The van der Waals surface area contributed by atoms with Crippen LogP contribution in [0.3, 0.4) is 0 Å². The predicted molar refractivity (Wildman–Crippen MR) is 236 cm³/mol. The number of benzene rings is 8. The first-order valence-corrected chi connectivity index (χ1v) is 19.4. The Hall–Kier alpha value is -7.96. The van der Waals surface area contributed by atoms with Crippen molar-refractivity contribution >= 4 is 65.4 Å². The van der Waals surface area contributed by atoms with Crippen LogP contribution in [-0.4, -0.2) is 24.5 Å². The highest BCUT2D eigenvalue weighted by atomic mass is 16.3. The van der Waals surface area contributed by atoms with Crippen molar-refractivity contribution in [3.05, 3.63) is 188 Å². The molecule has 0 N–H and O–H groups in total. The molecule has 4 heterocycles. The van der Waals surface area contributed by atoms with Crippen molar-refractivity contribution in [1.29, 1.82) is 0 Å². The maximum Gasteiger partial charge on any atom is 0.164 e. The summed E-state index contributed by atoms with van der Waals surface area (Å²) in [5.74, 6) is 1.79. The normalized spacial score (nSPS) is 11.8. The molecule has 0 fully saturated rings. The van der Waals surface area contributed by atoms with E-state index in [2.05, 4.69) is 150 Å². The van der Waals surface area contributed by atoms with E-state index < -0.39 is 0 Å². The van der Waals surface area contributed by atoms with Gasteiger partial charge in [0.15, 0.2) is 17.5 Å². The minimum atomic E-state index is 0.581. The predicted octanol–water partition coefficient (Wildman–Crippen LogP) is 13.2. The van der Waals surface area contributed by atoms with Gasteiger partial charge in [-0.2, -0.15) is 0 Å². The highest BCUT2D eigenvalue weighted by molar-refractivity contribution is 6.20. The molecular formula is C52H31N5O. The van der Waals surface area contributed by atoms with Crippen LogP contribution >= 0.6 is 0 Å². The summed E-state index contributed by atoms with van der Waals surface area (Å²) in [6, 6.07) is 65.0. The molecule has 0 radical (unpaired) electrons. The van der Waals surface area contributed by atoms with Crippen molar-refractivity contribution in [2.24, 2.45) is 0 Å². The van der Waals surface area contributed by atoms with Gasteiger partial charge >= 0.3 is 0 Å². The fourth-order valence-electron chi connectivity index (χ4n) is 8.47. The third-order valence-corrected chi connectivity index (χ3v) is 11.2. The number of nitrogens with zero attached hydrogens (tertiary/aromatic N) is 5. The number of hydrogen-bond acceptors (Lipinski definition) is 5. The quantitative estimate of drug-likeness (QED) is 0.164. The lowest BCUT2D eigenvalue weighted by Gasteiger charge is -2.12. The van der Waals surface area contributed by atoms with Crippen LogP contribution in [0.1, 0.15) is 0 Å². The van der Waals surface area contributed by atoms with Gasteiger partial charge in [-0.25, -0.2) is 19.9 Å². The second-order valence-corrected chi connectivity index (χ2v) is 14.6. The first-order valence-electron chi connectivity index (χ1n) is 19.4. The summed E-state index contributed by atoms with van der Waals surface area (Å²) < 4.78 is 8.94. The average Bonchev–Trinajstić information content (AvgIpc) is 3.85. The van der Waals surface area contributed by atoms with Crippen LogP contribution in [0, 0.1) is 0 Å². The second-order valence-electron chi connectivity index (χ2n) is 14.6. The van der Waals surface area contributed by atoms with Crippen molar-refractivity contribution in [2.75, 3.05) is 0 Å². The molecule has 0 bridgehead atoms. The lowest BCUT2D eigenvalue weighted by molar-refractivity contribution is 0.672. The molecule has 0 aliphatic carbocycles. The molecule has 0 saturated heterocycles. The zero-order valence-electron chi connectivity index (χ0n) is 31.0. The Morgan fingerprint density at radius 1 is 0.379 bits per heavy atom. The number of fused-ring (bicyclic) bond motifs is 9. The molecule has 4 aromatic heterocycles. The Labute approximate surface area is 332 Å². The van der Waals surface area contributed by atoms with Crippen LogP contribution in [0.25, 0.3) is 117 Å². The van der Waals surface area contributed by atoms with Crippen molar-refractivity contribution < 1.29 is 4.42 Å². The van der Waals surface area contributed by atoms with Gasteiger partial charge in [-0.3, -0.25) is 0 Å². The summed E-state index contributed by atoms with van der Waals surface area (Å²) >= 11 is 0. The standard InChI is InChI=1S/C52H31N5O/c1-2-13-32(14-3-1)50-54-51(33-25-27-38(28-26-33)57-44-22-9-6-19-39(44)40-20-7-10-23-45(40)57)56-52(55-50)37-18-12-17-36(29-37)48-47-41-21-8-11-24-46(41)58-49(47)42-30-34-15-4-5-16-35(34)31-43(42)53-48/h1-31H. The van der Waals surface area contributed by atoms with Gasteiger partial charge in [0, 0.05) is 49.5 Å². The molecule has 8 aromatic carbocycles. The molecule has 0 unspecified atom stereocenters. The minimum absolute atomic E-state index is 0.581. The molecular weight excluding hydrogens is 711 g/mol. The highest BCUT2D eigenvalue weighted by Gasteiger charge is 2.20. The molecule has 0 aliphatic heterocycles. The monoisotopic (exact) mass is 741 g/mol. The zero-order valence-corrected chi connectivity index (χ0v) is 31.0. The lowest BCUT2D eigenvalue weighted by atomic mass is 9.99. The molecule has 6 nitrogen and oxygen atoms in total. The van der Waals surface area contributed by atoms with Crippen molar-refractivity contribution in [1.82, 2.24) is 24.5 Å². The Bertz CT molecular complexity index is 3510. The zero-order chi connectivity index (χ0) is 38.2. The fourth-order valence-corrected chi connectivity index (χ4v) is 8.47. The van der Waals surface area contributed by atoms with Crippen LogP contribution in [0.5, 0.6) is 0 Å². The average molecular weight is 742 g/mol. The number of aromatic nitrogens is 5. The van der Waals surface area contributed by atoms with Crippen LogP contribution in [0.15, 0.2) is 192 Å². The number of hydrogen-bond donors (Lipinski definition) is 0. The number of rotatable bonds is 5. The fraction of sp³-hybridized carbons (Fsp3) is 0. The summed E-state index contributed by atoms with van der Waals surface area (Å²) in [5, 5.41) is 7.74. The maximum absolute atomic E-state index is 6.62. The molecule has 0 saturated carbocycles. The van der Waals surface area contributed by atoms with Crippen molar-refractivity contribution in [2.45, 2.75) is 0 Å². The molecule has 0 aliphatic rings. The van der Waals surface area contributed by atoms with Gasteiger partial charge in [0.25, 0.3) is 0 Å². The van der Waals surface area contributed by atoms with E-state index in [1.165, 1.54) is 21.8 Å². The second kappa shape index (κ2) is 12.8. The first-order chi connectivity index (χ1) is 28.7. The largest absolute Gasteiger partial charge is 0.455 e. The van der Waals surface area contributed by atoms with Gasteiger partial charge in [-0.1, -0.05) is 127 Å². The van der Waals surface area contributed by atoms with Gasteiger partial charge in [0.1, 0.15) is 11.2 Å². The Balaban J connectivity index is 1.02. The van der Waals surface area contributed by atoms with E-state index in [-0.39, 0.29) is 0 Å². The third-order valence-electron chi connectivity index (χ3n) is 11.2. The molecule has 0 atom stereocenters.